The Balaban J connectivity index is 3.47. The molecule has 0 atom stereocenters. The van der Waals surface area contributed by atoms with Crippen LogP contribution in [0.15, 0.2) is 4.90 Å². The molecule has 0 amide bonds. The summed E-state index contributed by atoms with van der Waals surface area (Å²) in [6.45, 7) is 8.55. The van der Waals surface area contributed by atoms with E-state index in [0.29, 0.717) is 11.1 Å². The number of carbonyl (C=O) groups is 1. The molecule has 2 N–H and O–H groups in total. The Morgan fingerprint density at radius 2 is 1.32 bits per heavy atom. The van der Waals surface area contributed by atoms with E-state index in [-0.39, 0.29) is 4.90 Å². The summed E-state index contributed by atoms with van der Waals surface area (Å²) in [4.78, 5) is 10.7. The van der Waals surface area contributed by atoms with Crippen molar-refractivity contribution in [3.63, 3.8) is 0 Å². The molecule has 1 aromatic rings. The van der Waals surface area contributed by atoms with Gasteiger partial charge < -0.3 is 5.11 Å². The van der Waals surface area contributed by atoms with Crippen LogP contribution in [0.1, 0.15) is 27.8 Å². The van der Waals surface area contributed by atoms with Crippen LogP contribution in [0.2, 0.25) is 0 Å². The molecule has 106 valence electrons. The van der Waals surface area contributed by atoms with E-state index in [1.165, 1.54) is 0 Å². The van der Waals surface area contributed by atoms with Crippen LogP contribution in [0, 0.1) is 34.6 Å². The molecule has 0 bridgehead atoms. The normalized spacial score (nSPS) is 11.6. The van der Waals surface area contributed by atoms with Crippen molar-refractivity contribution in [3.05, 3.63) is 27.8 Å². The third-order valence-electron chi connectivity index (χ3n) is 3.61. The van der Waals surface area contributed by atoms with Crippen LogP contribution >= 0.6 is 0 Å². The van der Waals surface area contributed by atoms with Gasteiger partial charge in [-0.25, -0.2) is 8.42 Å². The van der Waals surface area contributed by atoms with Crippen molar-refractivity contribution in [3.8, 4) is 0 Å². The Morgan fingerprint density at radius 1 is 0.947 bits per heavy atom. The summed E-state index contributed by atoms with van der Waals surface area (Å²) in [7, 11) is -3.81. The van der Waals surface area contributed by atoms with E-state index in [1.54, 1.807) is 13.8 Å². The maximum absolute atomic E-state index is 12.2. The van der Waals surface area contributed by atoms with Crippen LogP contribution in [0.5, 0.6) is 0 Å². The van der Waals surface area contributed by atoms with E-state index in [9.17, 15) is 13.2 Å². The van der Waals surface area contributed by atoms with Gasteiger partial charge in [0, 0.05) is 0 Å². The Hall–Kier alpha value is -1.40. The van der Waals surface area contributed by atoms with E-state index in [1.807, 2.05) is 20.8 Å². The van der Waals surface area contributed by atoms with Crippen molar-refractivity contribution in [2.24, 2.45) is 0 Å². The number of nitrogens with one attached hydrogen (secondary N) is 1. The number of carboxylic acids is 1. The molecule has 5 nitrogen and oxygen atoms in total. The standard InChI is InChI=1S/C13H19NO4S/c1-7-8(2)10(4)13(11(5)9(7)3)19(17,18)14-6-12(15)16/h14H,6H2,1-5H3,(H,15,16). The van der Waals surface area contributed by atoms with E-state index < -0.39 is 22.5 Å². The van der Waals surface area contributed by atoms with Crippen molar-refractivity contribution in [2.75, 3.05) is 6.54 Å². The molecule has 1 rings (SSSR count). The van der Waals surface area contributed by atoms with Gasteiger partial charge in [0.1, 0.15) is 6.54 Å². The molecule has 1 aromatic carbocycles. The predicted octanol–water partition coefficient (Wildman–Crippen LogP) is 1.59. The summed E-state index contributed by atoms with van der Waals surface area (Å²) in [5, 5.41) is 8.59. The van der Waals surface area contributed by atoms with Crippen LogP contribution < -0.4 is 4.72 Å². The fraction of sp³-hybridized carbons (Fsp3) is 0.462. The molecule has 0 spiro atoms. The van der Waals surface area contributed by atoms with Crippen molar-refractivity contribution in [1.29, 1.82) is 0 Å². The van der Waals surface area contributed by atoms with Crippen molar-refractivity contribution < 1.29 is 18.3 Å². The molecule has 19 heavy (non-hydrogen) atoms. The lowest BCUT2D eigenvalue weighted by Gasteiger charge is -2.18. The Morgan fingerprint density at radius 3 is 1.68 bits per heavy atom. The van der Waals surface area contributed by atoms with Crippen molar-refractivity contribution in [2.45, 2.75) is 39.5 Å². The molecule has 0 saturated carbocycles. The van der Waals surface area contributed by atoms with Crippen LogP contribution in [0.3, 0.4) is 0 Å². The molecule has 0 aliphatic carbocycles. The Bertz CT molecular complexity index is 604. The molecule has 0 saturated heterocycles. The van der Waals surface area contributed by atoms with Gasteiger partial charge in [0.25, 0.3) is 0 Å². The molecule has 0 aliphatic rings. The maximum Gasteiger partial charge on any atom is 0.318 e. The number of hydrogen-bond acceptors (Lipinski definition) is 3. The average molecular weight is 285 g/mol. The smallest absolute Gasteiger partial charge is 0.318 e. The fourth-order valence-electron chi connectivity index (χ4n) is 2.10. The van der Waals surface area contributed by atoms with Gasteiger partial charge in [0.05, 0.1) is 4.90 Å². The lowest BCUT2D eigenvalue weighted by Crippen LogP contribution is -2.30. The zero-order valence-corrected chi connectivity index (χ0v) is 12.6. The first-order valence-corrected chi connectivity index (χ1v) is 7.36. The van der Waals surface area contributed by atoms with E-state index in [4.69, 9.17) is 5.11 Å². The second-order valence-corrected chi connectivity index (χ2v) is 6.38. The number of benzene rings is 1. The van der Waals surface area contributed by atoms with E-state index in [2.05, 4.69) is 4.72 Å². The minimum Gasteiger partial charge on any atom is -0.480 e. The quantitative estimate of drug-likeness (QED) is 0.880. The summed E-state index contributed by atoms with van der Waals surface area (Å²) in [6, 6.07) is 0. The molecule has 0 fully saturated rings. The SMILES string of the molecule is Cc1c(C)c(C)c(S(=O)(=O)NCC(=O)O)c(C)c1C. The van der Waals surface area contributed by atoms with Crippen LogP contribution in [-0.4, -0.2) is 26.0 Å². The van der Waals surface area contributed by atoms with E-state index >= 15 is 0 Å². The van der Waals surface area contributed by atoms with Gasteiger partial charge in [0.15, 0.2) is 0 Å². The second kappa shape index (κ2) is 5.30. The summed E-state index contributed by atoms with van der Waals surface area (Å²) >= 11 is 0. The largest absolute Gasteiger partial charge is 0.480 e. The molecule has 0 aromatic heterocycles. The predicted molar refractivity (Wildman–Crippen MR) is 73.0 cm³/mol. The first-order valence-electron chi connectivity index (χ1n) is 5.88. The molecule has 0 heterocycles. The summed E-state index contributed by atoms with van der Waals surface area (Å²) in [5.41, 5.74) is 4.22. The molecule has 0 unspecified atom stereocenters. The van der Waals surface area contributed by atoms with Crippen LogP contribution in [-0.2, 0) is 14.8 Å². The zero-order valence-electron chi connectivity index (χ0n) is 11.8. The van der Waals surface area contributed by atoms with Gasteiger partial charge in [-0.15, -0.1) is 0 Å². The number of hydrogen-bond donors (Lipinski definition) is 2. The average Bonchev–Trinajstić information content (AvgIpc) is 2.31. The highest BCUT2D eigenvalue weighted by Gasteiger charge is 2.23. The van der Waals surface area contributed by atoms with Gasteiger partial charge in [-0.3, -0.25) is 4.79 Å². The van der Waals surface area contributed by atoms with Gasteiger partial charge in [0.2, 0.25) is 10.0 Å². The van der Waals surface area contributed by atoms with Gasteiger partial charge in [-0.1, -0.05) is 0 Å². The molecule has 0 radical (unpaired) electrons. The van der Waals surface area contributed by atoms with Crippen LogP contribution in [0.4, 0.5) is 0 Å². The topological polar surface area (TPSA) is 83.5 Å². The van der Waals surface area contributed by atoms with Crippen LogP contribution in [0.25, 0.3) is 0 Å². The third-order valence-corrected chi connectivity index (χ3v) is 5.29. The highest BCUT2D eigenvalue weighted by atomic mass is 32.2. The minimum atomic E-state index is -3.81. The van der Waals surface area contributed by atoms with Gasteiger partial charge >= 0.3 is 5.97 Å². The van der Waals surface area contributed by atoms with Crippen molar-refractivity contribution >= 4 is 16.0 Å². The first-order chi connectivity index (χ1) is 8.59. The molecular formula is C13H19NO4S. The number of carboxylic acid groups (broad SMARTS) is 1. The highest BCUT2D eigenvalue weighted by molar-refractivity contribution is 7.89. The van der Waals surface area contributed by atoms with E-state index in [0.717, 1.165) is 16.7 Å². The Kier molecular flexibility index (Phi) is 4.37. The summed E-state index contributed by atoms with van der Waals surface area (Å²) in [6.07, 6.45) is 0. The summed E-state index contributed by atoms with van der Waals surface area (Å²) < 4.78 is 26.5. The monoisotopic (exact) mass is 285 g/mol. The molecule has 0 aliphatic heterocycles. The van der Waals surface area contributed by atoms with Crippen molar-refractivity contribution in [1.82, 2.24) is 4.72 Å². The third kappa shape index (κ3) is 2.96. The number of sulfonamides is 1. The number of aliphatic carboxylic acids is 1. The van der Waals surface area contributed by atoms with Gasteiger partial charge in [-0.05, 0) is 62.4 Å². The van der Waals surface area contributed by atoms with Gasteiger partial charge in [-0.2, -0.15) is 4.72 Å². The first kappa shape index (κ1) is 15.7. The zero-order chi connectivity index (χ0) is 15.0. The molecular weight excluding hydrogens is 266 g/mol. The second-order valence-electron chi connectivity index (χ2n) is 4.67. The number of rotatable bonds is 4. The molecule has 6 heteroatoms. The Labute approximate surface area is 113 Å². The lowest BCUT2D eigenvalue weighted by atomic mass is 9.95. The minimum absolute atomic E-state index is 0.189. The summed E-state index contributed by atoms with van der Waals surface area (Å²) in [5.74, 6) is -1.21. The lowest BCUT2D eigenvalue weighted by molar-refractivity contribution is -0.135. The fourth-order valence-corrected chi connectivity index (χ4v) is 3.67. The maximum atomic E-state index is 12.2. The highest BCUT2D eigenvalue weighted by Crippen LogP contribution is 2.29.